The third kappa shape index (κ3) is 4.74. The van der Waals surface area contributed by atoms with E-state index in [0.29, 0.717) is 10.6 Å². The van der Waals surface area contributed by atoms with Crippen LogP contribution in [0.4, 0.5) is 5.00 Å². The normalized spacial score (nSPS) is 15.4. The van der Waals surface area contributed by atoms with Gasteiger partial charge in [0.05, 0.1) is 18.4 Å². The van der Waals surface area contributed by atoms with Crippen molar-refractivity contribution in [2.75, 3.05) is 18.2 Å². The number of methoxy groups -OCH3 is 1. The lowest BCUT2D eigenvalue weighted by atomic mass is 9.88. The van der Waals surface area contributed by atoms with Crippen LogP contribution in [0, 0.1) is 19.8 Å². The average Bonchev–Trinajstić information content (AvgIpc) is 3.46. The lowest BCUT2D eigenvalue weighted by Crippen LogP contribution is -2.16. The number of hydrogen-bond acceptors (Lipinski definition) is 8. The van der Waals surface area contributed by atoms with E-state index in [2.05, 4.69) is 39.3 Å². The lowest BCUT2D eigenvalue weighted by molar-refractivity contribution is -0.113. The second-order valence-electron chi connectivity index (χ2n) is 8.27. The number of thioether (sulfide) groups is 1. The number of aryl methyl sites for hydroxylation is 1. The summed E-state index contributed by atoms with van der Waals surface area (Å²) in [6.45, 7) is 8.88. The molecule has 10 heteroatoms. The maximum atomic E-state index is 12.7. The highest BCUT2D eigenvalue weighted by atomic mass is 32.2. The molecule has 0 saturated heterocycles. The SMILES string of the molecule is CCn1c(SCC(=O)Nc2sc(C)c(C)c2C(=O)OC)nnc1-c1csc2c1CCC(C)C2. The van der Waals surface area contributed by atoms with E-state index in [0.717, 1.165) is 46.7 Å². The van der Waals surface area contributed by atoms with E-state index < -0.39 is 5.97 Å². The van der Waals surface area contributed by atoms with Gasteiger partial charge in [-0.1, -0.05) is 18.7 Å². The number of nitrogens with zero attached hydrogens (tertiary/aromatic N) is 3. The molecule has 3 heterocycles. The monoisotopic (exact) mass is 504 g/mol. The van der Waals surface area contributed by atoms with Crippen molar-refractivity contribution in [1.82, 2.24) is 14.8 Å². The molecule has 0 aliphatic heterocycles. The predicted molar refractivity (Wildman–Crippen MR) is 135 cm³/mol. The van der Waals surface area contributed by atoms with Gasteiger partial charge in [0, 0.05) is 27.2 Å². The van der Waals surface area contributed by atoms with E-state index in [1.54, 1.807) is 0 Å². The van der Waals surface area contributed by atoms with Crippen molar-refractivity contribution in [2.45, 2.75) is 58.7 Å². The number of amides is 1. The Labute approximate surface area is 206 Å². The molecule has 0 radical (unpaired) electrons. The molecule has 1 atom stereocenters. The van der Waals surface area contributed by atoms with Crippen LogP contribution in [-0.4, -0.2) is 39.5 Å². The van der Waals surface area contributed by atoms with Crippen molar-refractivity contribution in [1.29, 1.82) is 0 Å². The first-order valence-corrected chi connectivity index (χ1v) is 13.7. The first-order chi connectivity index (χ1) is 15.8. The highest BCUT2D eigenvalue weighted by Crippen LogP contribution is 2.38. The molecule has 1 N–H and O–H groups in total. The molecule has 1 unspecified atom stereocenters. The van der Waals surface area contributed by atoms with E-state index in [4.69, 9.17) is 4.74 Å². The smallest absolute Gasteiger partial charge is 0.341 e. The van der Waals surface area contributed by atoms with Crippen LogP contribution in [0.2, 0.25) is 0 Å². The van der Waals surface area contributed by atoms with Gasteiger partial charge in [0.25, 0.3) is 0 Å². The summed E-state index contributed by atoms with van der Waals surface area (Å²) in [4.78, 5) is 27.3. The van der Waals surface area contributed by atoms with Crippen LogP contribution >= 0.6 is 34.4 Å². The van der Waals surface area contributed by atoms with Gasteiger partial charge in [0.2, 0.25) is 5.91 Å². The molecule has 0 bridgehead atoms. The number of carbonyl (C=O) groups excluding carboxylic acids is 2. The number of nitrogens with one attached hydrogen (secondary N) is 1. The van der Waals surface area contributed by atoms with Crippen LogP contribution in [0.1, 0.15) is 51.5 Å². The first kappa shape index (κ1) is 24.0. The third-order valence-electron chi connectivity index (χ3n) is 6.04. The van der Waals surface area contributed by atoms with Crippen LogP contribution in [-0.2, 0) is 28.9 Å². The van der Waals surface area contributed by atoms with Gasteiger partial charge in [-0.3, -0.25) is 4.79 Å². The zero-order chi connectivity index (χ0) is 23.7. The Kier molecular flexibility index (Phi) is 7.25. The Hall–Kier alpha value is -2.17. The van der Waals surface area contributed by atoms with Crippen LogP contribution in [0.5, 0.6) is 0 Å². The maximum absolute atomic E-state index is 12.7. The van der Waals surface area contributed by atoms with Gasteiger partial charge >= 0.3 is 5.97 Å². The zero-order valence-corrected chi connectivity index (χ0v) is 21.9. The highest BCUT2D eigenvalue weighted by molar-refractivity contribution is 7.99. The van der Waals surface area contributed by atoms with Crippen LogP contribution in [0.25, 0.3) is 11.4 Å². The summed E-state index contributed by atoms with van der Waals surface area (Å²) in [6.07, 6.45) is 3.42. The summed E-state index contributed by atoms with van der Waals surface area (Å²) in [5, 5.41) is 15.2. The molecule has 3 aromatic rings. The molecule has 0 spiro atoms. The molecule has 33 heavy (non-hydrogen) atoms. The molecule has 3 aromatic heterocycles. The summed E-state index contributed by atoms with van der Waals surface area (Å²) in [6, 6.07) is 0. The Morgan fingerprint density at radius 2 is 2.12 bits per heavy atom. The van der Waals surface area contributed by atoms with Crippen molar-refractivity contribution < 1.29 is 14.3 Å². The van der Waals surface area contributed by atoms with Crippen molar-refractivity contribution in [3.05, 3.63) is 31.8 Å². The standard InChI is InChI=1S/C23H28N4O3S3/c1-6-27-20(16-10-31-17-9-12(2)7-8-15(16)17)25-26-23(27)32-11-18(28)24-21-19(22(29)30-5)13(3)14(4)33-21/h10,12H,6-9,11H2,1-5H3,(H,24,28). The number of anilines is 1. The quantitative estimate of drug-likeness (QED) is 0.345. The van der Waals surface area contributed by atoms with Gasteiger partial charge in [-0.2, -0.15) is 0 Å². The molecule has 1 aliphatic carbocycles. The number of hydrogen-bond donors (Lipinski definition) is 1. The molecule has 7 nitrogen and oxygen atoms in total. The summed E-state index contributed by atoms with van der Waals surface area (Å²) < 4.78 is 6.97. The van der Waals surface area contributed by atoms with Gasteiger partial charge in [-0.15, -0.1) is 32.9 Å². The van der Waals surface area contributed by atoms with Gasteiger partial charge in [0.15, 0.2) is 11.0 Å². The second kappa shape index (κ2) is 9.99. The number of fused-ring (bicyclic) bond motifs is 1. The Morgan fingerprint density at radius 1 is 1.33 bits per heavy atom. The average molecular weight is 505 g/mol. The van der Waals surface area contributed by atoms with E-state index >= 15 is 0 Å². The second-order valence-corrected chi connectivity index (χ2v) is 11.4. The zero-order valence-electron chi connectivity index (χ0n) is 19.5. The van der Waals surface area contributed by atoms with Gasteiger partial charge < -0.3 is 14.6 Å². The molecular formula is C23H28N4O3S3. The highest BCUT2D eigenvalue weighted by Gasteiger charge is 2.25. The van der Waals surface area contributed by atoms with Crippen molar-refractivity contribution in [3.63, 3.8) is 0 Å². The molecular weight excluding hydrogens is 476 g/mol. The van der Waals surface area contributed by atoms with Crippen molar-refractivity contribution >= 4 is 51.3 Å². The van der Waals surface area contributed by atoms with E-state index in [-0.39, 0.29) is 11.7 Å². The topological polar surface area (TPSA) is 86.1 Å². The number of aromatic nitrogens is 3. The molecule has 1 amide bonds. The lowest BCUT2D eigenvalue weighted by Gasteiger charge is -2.19. The molecule has 0 aromatic carbocycles. The summed E-state index contributed by atoms with van der Waals surface area (Å²) in [5.41, 5.74) is 3.85. The molecule has 1 aliphatic rings. The fourth-order valence-electron chi connectivity index (χ4n) is 4.10. The first-order valence-electron chi connectivity index (χ1n) is 11.0. The Balaban J connectivity index is 1.48. The number of rotatable bonds is 7. The summed E-state index contributed by atoms with van der Waals surface area (Å²) in [5.74, 6) is 1.15. The summed E-state index contributed by atoms with van der Waals surface area (Å²) >= 11 is 4.56. The maximum Gasteiger partial charge on any atom is 0.341 e. The van der Waals surface area contributed by atoms with Crippen molar-refractivity contribution in [3.8, 4) is 11.4 Å². The number of esters is 1. The minimum Gasteiger partial charge on any atom is -0.465 e. The number of carbonyl (C=O) groups is 2. The van der Waals surface area contributed by atoms with Gasteiger partial charge in [-0.05, 0) is 57.1 Å². The molecule has 176 valence electrons. The minimum absolute atomic E-state index is 0.175. The minimum atomic E-state index is -0.441. The number of ether oxygens (including phenoxy) is 1. The van der Waals surface area contributed by atoms with Crippen LogP contribution < -0.4 is 5.32 Å². The molecule has 4 rings (SSSR count). The fraction of sp³-hybridized carbons (Fsp3) is 0.478. The Bertz CT molecular complexity index is 1190. The largest absolute Gasteiger partial charge is 0.465 e. The fourth-order valence-corrected chi connectivity index (χ4v) is 7.21. The number of thiophene rings is 2. The molecule has 0 saturated carbocycles. The molecule has 0 fully saturated rings. The predicted octanol–water partition coefficient (Wildman–Crippen LogP) is 5.35. The summed E-state index contributed by atoms with van der Waals surface area (Å²) in [7, 11) is 1.34. The van der Waals surface area contributed by atoms with E-state index in [1.807, 2.05) is 25.2 Å². The van der Waals surface area contributed by atoms with E-state index in [9.17, 15) is 9.59 Å². The Morgan fingerprint density at radius 3 is 2.85 bits per heavy atom. The van der Waals surface area contributed by atoms with Crippen LogP contribution in [0.15, 0.2) is 10.5 Å². The van der Waals surface area contributed by atoms with Gasteiger partial charge in [-0.25, -0.2) is 4.79 Å². The van der Waals surface area contributed by atoms with Crippen molar-refractivity contribution in [2.24, 2.45) is 5.92 Å². The van der Waals surface area contributed by atoms with Crippen LogP contribution in [0.3, 0.4) is 0 Å². The third-order valence-corrected chi connectivity index (χ3v) is 9.18. The van der Waals surface area contributed by atoms with E-state index in [1.165, 1.54) is 52.6 Å². The van der Waals surface area contributed by atoms with Gasteiger partial charge in [0.1, 0.15) is 5.00 Å².